The van der Waals surface area contributed by atoms with Crippen molar-refractivity contribution >= 4 is 56.3 Å². The Morgan fingerprint density at radius 1 is 0.779 bits per heavy atom. The molecular formula is C50H56N8O8S2. The molecule has 3 aromatic carbocycles. The minimum Gasteiger partial charge on any atom is -0.351 e. The molecule has 0 radical (unpaired) electrons. The summed E-state index contributed by atoms with van der Waals surface area (Å²) in [6.45, 7) is 13.0. The number of aliphatic imine (C=N–C) groups is 1. The molecule has 5 aromatic rings. The van der Waals surface area contributed by atoms with Crippen molar-refractivity contribution in [3.8, 4) is 0 Å². The van der Waals surface area contributed by atoms with Crippen LogP contribution in [-0.4, -0.2) is 70.4 Å². The highest BCUT2D eigenvalue weighted by molar-refractivity contribution is 8.15. The minimum absolute atomic E-state index is 0.0162. The number of thioether (sulfide) groups is 1. The average molecular weight is 961 g/mol. The van der Waals surface area contributed by atoms with Gasteiger partial charge < -0.3 is 30.8 Å². The van der Waals surface area contributed by atoms with Crippen molar-refractivity contribution < 1.29 is 27.6 Å². The van der Waals surface area contributed by atoms with E-state index in [1.165, 1.54) is 11.8 Å². The smallest absolute Gasteiger partial charge is 0.262 e. The molecule has 2 aromatic heterocycles. The number of sulfonamides is 1. The van der Waals surface area contributed by atoms with E-state index in [9.17, 15) is 37.2 Å². The first-order valence-electron chi connectivity index (χ1n) is 22.3. The number of rotatable bonds is 15. The van der Waals surface area contributed by atoms with Gasteiger partial charge in [0.05, 0.1) is 4.90 Å². The van der Waals surface area contributed by atoms with Gasteiger partial charge in [0, 0.05) is 78.5 Å². The number of amides is 4. The van der Waals surface area contributed by atoms with Gasteiger partial charge in [-0.1, -0.05) is 56.8 Å². The highest BCUT2D eigenvalue weighted by Crippen LogP contribution is 2.32. The lowest BCUT2D eigenvalue weighted by Crippen LogP contribution is -2.29. The van der Waals surface area contributed by atoms with Crippen molar-refractivity contribution in [2.75, 3.05) is 18.4 Å². The zero-order valence-electron chi connectivity index (χ0n) is 38.9. The van der Waals surface area contributed by atoms with Gasteiger partial charge in [0.1, 0.15) is 5.25 Å². The molecule has 0 spiro atoms. The Bertz CT molecular complexity index is 3000. The number of hydrogen-bond donors (Lipinski definition) is 6. The summed E-state index contributed by atoms with van der Waals surface area (Å²) in [5.41, 5.74) is 6.19. The molecule has 4 heterocycles. The number of nitrogens with one attached hydrogen (secondary N) is 6. The van der Waals surface area contributed by atoms with Gasteiger partial charge in [0.25, 0.3) is 28.8 Å². The van der Waals surface area contributed by atoms with Crippen molar-refractivity contribution in [3.05, 3.63) is 162 Å². The third kappa shape index (κ3) is 12.3. The number of nitrogens with zero attached hydrogens (tertiary/aromatic N) is 2. The number of carbonyl (C=O) groups excluding carboxylic acids is 4. The summed E-state index contributed by atoms with van der Waals surface area (Å²) in [6, 6.07) is 23.5. The van der Waals surface area contributed by atoms with Crippen molar-refractivity contribution in [2.45, 2.75) is 96.0 Å². The maximum absolute atomic E-state index is 13.2. The molecule has 2 unspecified atom stereocenters. The van der Waals surface area contributed by atoms with Gasteiger partial charge in [-0.05, 0) is 128 Å². The van der Waals surface area contributed by atoms with E-state index in [4.69, 9.17) is 0 Å². The Kier molecular flexibility index (Phi) is 15.0. The monoisotopic (exact) mass is 960 g/mol. The molecular weight excluding hydrogens is 905 g/mol. The van der Waals surface area contributed by atoms with Gasteiger partial charge in [-0.25, -0.2) is 13.1 Å². The second-order valence-electron chi connectivity index (χ2n) is 18.4. The van der Waals surface area contributed by atoms with E-state index in [-0.39, 0.29) is 77.0 Å². The molecule has 2 aliphatic rings. The fourth-order valence-electron chi connectivity index (χ4n) is 8.14. The SMILES string of the molecule is Cc1cc(C)c(CNC(=O)c2ccc(NC(=O)CC3SC(N4CCC(Cc5cc(C)c(CNC(=O)c6ccc(CNS(=O)(=O)c7ccc(C(C)(C)C)cc7)cc6)c(=O)[nH]5)C4)=NC3=O)cc2)c(=O)[nH]1. The maximum Gasteiger partial charge on any atom is 0.262 e. The maximum atomic E-state index is 13.2. The Morgan fingerprint density at radius 3 is 1.96 bits per heavy atom. The number of amidine groups is 1. The lowest BCUT2D eigenvalue weighted by atomic mass is 9.87. The van der Waals surface area contributed by atoms with Crippen LogP contribution in [0.25, 0.3) is 0 Å². The number of likely N-dealkylation sites (tertiary alicyclic amines) is 1. The number of H-pyrrole nitrogens is 2. The summed E-state index contributed by atoms with van der Waals surface area (Å²) >= 11 is 1.26. The first-order chi connectivity index (χ1) is 32.2. The quantitative estimate of drug-likeness (QED) is 0.0770. The Balaban J connectivity index is 0.833. The lowest BCUT2D eigenvalue weighted by molar-refractivity contribution is -0.121. The van der Waals surface area contributed by atoms with E-state index >= 15 is 0 Å². The first kappa shape index (κ1) is 49.3. The van der Waals surface area contributed by atoms with Gasteiger partial charge in [-0.15, -0.1) is 0 Å². The van der Waals surface area contributed by atoms with Crippen LogP contribution in [0.3, 0.4) is 0 Å². The van der Waals surface area contributed by atoms with Crippen LogP contribution in [0.1, 0.15) is 99.1 Å². The predicted octanol–water partition coefficient (Wildman–Crippen LogP) is 5.52. The highest BCUT2D eigenvalue weighted by atomic mass is 32.2. The number of hydrogen-bond acceptors (Lipinski definition) is 10. The molecule has 356 valence electrons. The summed E-state index contributed by atoms with van der Waals surface area (Å²) in [6.07, 6.45) is 1.32. The van der Waals surface area contributed by atoms with Crippen LogP contribution < -0.4 is 31.8 Å². The molecule has 7 rings (SSSR count). The van der Waals surface area contributed by atoms with Gasteiger partial charge in [-0.2, -0.15) is 4.99 Å². The van der Waals surface area contributed by atoms with Crippen molar-refractivity contribution in [1.82, 2.24) is 30.2 Å². The van der Waals surface area contributed by atoms with Crippen LogP contribution in [0.2, 0.25) is 0 Å². The number of aryl methyl sites for hydroxylation is 3. The molecule has 1 saturated heterocycles. The normalized spacial score (nSPS) is 16.1. The fourth-order valence-corrected chi connectivity index (χ4v) is 10.3. The van der Waals surface area contributed by atoms with Crippen molar-refractivity contribution in [2.24, 2.45) is 10.9 Å². The number of aromatic amines is 2. The van der Waals surface area contributed by atoms with Gasteiger partial charge in [-0.3, -0.25) is 28.8 Å². The van der Waals surface area contributed by atoms with Gasteiger partial charge in [0.15, 0.2) is 5.17 Å². The van der Waals surface area contributed by atoms with Crippen LogP contribution in [0.15, 0.2) is 104 Å². The van der Waals surface area contributed by atoms with E-state index < -0.39 is 15.3 Å². The molecule has 6 N–H and O–H groups in total. The first-order valence-corrected chi connectivity index (χ1v) is 24.7. The second kappa shape index (κ2) is 20.7. The molecule has 16 nitrogen and oxygen atoms in total. The third-order valence-electron chi connectivity index (χ3n) is 12.1. The largest absolute Gasteiger partial charge is 0.351 e. The van der Waals surface area contributed by atoms with Crippen LogP contribution in [0.4, 0.5) is 5.69 Å². The molecule has 2 atom stereocenters. The molecule has 1 fully saturated rings. The fraction of sp³-hybridized carbons (Fsp3) is 0.340. The second-order valence-corrected chi connectivity index (χ2v) is 21.3. The van der Waals surface area contributed by atoms with Crippen molar-refractivity contribution in [3.63, 3.8) is 0 Å². The van der Waals surface area contributed by atoms with E-state index in [0.717, 1.165) is 34.5 Å². The zero-order chi connectivity index (χ0) is 48.9. The summed E-state index contributed by atoms with van der Waals surface area (Å²) in [4.78, 5) is 89.4. The van der Waals surface area contributed by atoms with Crippen LogP contribution in [-0.2, 0) is 51.1 Å². The molecule has 68 heavy (non-hydrogen) atoms. The molecule has 18 heteroatoms. The number of aromatic nitrogens is 2. The van der Waals surface area contributed by atoms with E-state index in [2.05, 4.69) is 56.4 Å². The topological polar surface area (TPSA) is 232 Å². The predicted molar refractivity (Wildman–Crippen MR) is 263 cm³/mol. The number of pyridine rings is 2. The zero-order valence-corrected chi connectivity index (χ0v) is 40.5. The van der Waals surface area contributed by atoms with E-state index in [1.54, 1.807) is 67.6 Å². The van der Waals surface area contributed by atoms with Gasteiger partial charge in [0.2, 0.25) is 15.9 Å². The number of benzene rings is 3. The van der Waals surface area contributed by atoms with E-state index in [1.807, 2.05) is 43.0 Å². The Hall–Kier alpha value is -6.63. The van der Waals surface area contributed by atoms with Crippen LogP contribution in [0, 0.1) is 26.7 Å². The summed E-state index contributed by atoms with van der Waals surface area (Å²) in [5, 5.41) is 8.27. The molecule has 0 bridgehead atoms. The summed E-state index contributed by atoms with van der Waals surface area (Å²) in [5.74, 6) is -1.31. The van der Waals surface area contributed by atoms with Crippen molar-refractivity contribution in [1.29, 1.82) is 0 Å². The summed E-state index contributed by atoms with van der Waals surface area (Å²) in [7, 11) is -3.74. The highest BCUT2D eigenvalue weighted by Gasteiger charge is 2.36. The molecule has 0 aliphatic carbocycles. The molecule has 0 saturated carbocycles. The third-order valence-corrected chi connectivity index (χ3v) is 14.7. The molecule has 4 amide bonds. The standard InChI is InChI=1S/C50H56N8O8S2/c1-29-21-31(3)54-46(62)40(29)26-51-45(61)35-11-15-37(16-12-35)55-43(59)24-42-48(64)57-49(67-42)58-20-19-33(28-58)23-38-22-30(2)41(47(63)56-38)27-52-44(60)34-9-7-32(8-10-34)25-53-68(65,66)39-17-13-36(14-18-39)50(4,5)6/h7-18,21-22,33,42,53H,19-20,23-28H2,1-6H3,(H,51,61)(H,52,60)(H,54,62)(H,55,59)(H,56,63). The number of anilines is 1. The number of carbonyl (C=O) groups is 4. The van der Waals surface area contributed by atoms with Crippen LogP contribution >= 0.6 is 11.8 Å². The molecule has 2 aliphatic heterocycles. The lowest BCUT2D eigenvalue weighted by Gasteiger charge is -2.19. The van der Waals surface area contributed by atoms with Crippen LogP contribution in [0.5, 0.6) is 0 Å². The van der Waals surface area contributed by atoms with Gasteiger partial charge >= 0.3 is 0 Å². The average Bonchev–Trinajstić information content (AvgIpc) is 3.90. The van der Waals surface area contributed by atoms with E-state index in [0.29, 0.717) is 58.2 Å². The minimum atomic E-state index is -3.74. The Labute approximate surface area is 399 Å². The Morgan fingerprint density at radius 2 is 1.37 bits per heavy atom. The summed E-state index contributed by atoms with van der Waals surface area (Å²) < 4.78 is 28.4.